The van der Waals surface area contributed by atoms with Gasteiger partial charge in [0.2, 0.25) is 0 Å². The van der Waals surface area contributed by atoms with Gasteiger partial charge in [0.05, 0.1) is 39.6 Å². The number of ether oxygens (including phenoxy) is 11. The quantitative estimate of drug-likeness (QED) is 0.0118. The Labute approximate surface area is 552 Å². The second-order valence-electron chi connectivity index (χ2n) is 25.0. The molecule has 6 fully saturated rings. The van der Waals surface area contributed by atoms with Gasteiger partial charge in [0, 0.05) is 6.42 Å². The maximum absolute atomic E-state index is 13.8. The predicted octanol–water partition coefficient (Wildman–Crippen LogP) is -8.24. The van der Waals surface area contributed by atoms with Crippen molar-refractivity contribution in [3.63, 3.8) is 0 Å². The zero-order valence-electron chi connectivity index (χ0n) is 53.1. The van der Waals surface area contributed by atoms with E-state index < -0.39 is 256 Å². The molecule has 6 aliphatic rings. The van der Waals surface area contributed by atoms with Gasteiger partial charge in [-0.05, 0) is 32.1 Å². The van der Waals surface area contributed by atoms with Crippen molar-refractivity contribution < 1.29 is 183 Å². The van der Waals surface area contributed by atoms with E-state index in [1.807, 2.05) is 0 Å². The first-order chi connectivity index (χ1) is 45.6. The minimum absolute atomic E-state index is 0.00750. The highest BCUT2D eigenvalue weighted by Gasteiger charge is 2.59. The molecule has 1 saturated carbocycles. The third-order valence-electron chi connectivity index (χ3n) is 17.6. The molecular formula is C58H103O37P. The van der Waals surface area contributed by atoms with Gasteiger partial charge in [-0.2, -0.15) is 0 Å². The van der Waals surface area contributed by atoms with E-state index in [0.717, 1.165) is 38.5 Å². The molecule has 0 bridgehead atoms. The highest BCUT2D eigenvalue weighted by atomic mass is 31.2. The van der Waals surface area contributed by atoms with Gasteiger partial charge in [-0.1, -0.05) is 76.9 Å². The largest absolute Gasteiger partial charge is 0.472 e. The maximum atomic E-state index is 13.8. The second-order valence-corrected chi connectivity index (χ2v) is 26.4. The smallest absolute Gasteiger partial charge is 0.463 e. The van der Waals surface area contributed by atoms with E-state index in [1.54, 1.807) is 0 Å². The summed E-state index contributed by atoms with van der Waals surface area (Å²) in [5.74, 6) is -0.699. The number of hydrogen-bond donors (Lipinski definition) is 22. The molecule has 0 aromatic rings. The van der Waals surface area contributed by atoms with Crippen LogP contribution in [-0.4, -0.2) is 361 Å². The number of rotatable bonds is 38. The van der Waals surface area contributed by atoms with E-state index in [9.17, 15) is 121 Å². The Kier molecular flexibility index (Phi) is 34.8. The number of carbonyl (C=O) groups is 1. The third-order valence-corrected chi connectivity index (χ3v) is 18.6. The number of esters is 1. The minimum atomic E-state index is -5.73. The molecule has 0 spiro atoms. The Morgan fingerprint density at radius 2 is 0.729 bits per heavy atom. The molecule has 0 aromatic heterocycles. The van der Waals surface area contributed by atoms with Crippen molar-refractivity contribution in [2.75, 3.05) is 46.2 Å². The molecule has 1 aliphatic carbocycles. The molecule has 22 N–H and O–H groups in total. The molecule has 5 heterocycles. The third kappa shape index (κ3) is 22.8. The van der Waals surface area contributed by atoms with Crippen molar-refractivity contribution in [2.45, 2.75) is 299 Å². The van der Waals surface area contributed by atoms with Crippen LogP contribution >= 0.6 is 7.82 Å². The van der Waals surface area contributed by atoms with E-state index in [4.69, 9.17) is 61.2 Å². The zero-order chi connectivity index (χ0) is 70.7. The molecule has 0 radical (unpaired) electrons. The van der Waals surface area contributed by atoms with E-state index in [1.165, 1.54) is 44.9 Å². The van der Waals surface area contributed by atoms with Crippen LogP contribution in [0, 0.1) is 0 Å². The summed E-state index contributed by atoms with van der Waals surface area (Å²) < 4.78 is 84.8. The first-order valence-electron chi connectivity index (χ1n) is 32.6. The standard InChI is InChI=1S/C58H103O37P/c1-2-3-4-5-6-7-8-9-10-11-12-13-14-15-16-17-18-32(62)83-21-26(61)22-87-96(81,82)95-53-51(93-57-49(79)39(69)34(64)28(20-60)89-57)44(74)43(73)45(75)52(53)94-58-50(80)42(72)37(67)31(92-58)25-86-56-48(78)41(71)36(66)30(91-56)24-85-55-47(77)40(70)35(65)29(90-55)23-84-54-46(76)38(68)33(63)27(19-59)88-54/h10-11,26-31,33-61,63-80H,2-9,12-25H2,1H3,(H,81,82)/b11-10-/t26-,27?,28?,29?,30?,31?,33+,34-,35+,36+,37+,38?,39?,40?,41?,42?,43+,44?,45?,46+,47+,48+,49-,50+,51-,52?,53+,54-,55-,56-,57-,58+/m1/s1. The predicted molar refractivity (Wildman–Crippen MR) is 315 cm³/mol. The van der Waals surface area contributed by atoms with Crippen LogP contribution in [0.2, 0.25) is 0 Å². The molecule has 38 heteroatoms. The molecule has 96 heavy (non-hydrogen) atoms. The maximum Gasteiger partial charge on any atom is 0.472 e. The lowest BCUT2D eigenvalue weighted by Gasteiger charge is -2.49. The molecular weight excluding hydrogens is 1320 g/mol. The van der Waals surface area contributed by atoms with Crippen LogP contribution in [0.15, 0.2) is 12.2 Å². The van der Waals surface area contributed by atoms with Crippen LogP contribution < -0.4 is 0 Å². The lowest BCUT2D eigenvalue weighted by Crippen LogP contribution is -2.69. The van der Waals surface area contributed by atoms with Gasteiger partial charge < -0.3 is 164 Å². The first kappa shape index (κ1) is 83.0. The van der Waals surface area contributed by atoms with Gasteiger partial charge in [-0.15, -0.1) is 0 Å². The van der Waals surface area contributed by atoms with Gasteiger partial charge in [0.1, 0.15) is 171 Å². The molecule has 6 rings (SSSR count). The first-order valence-corrected chi connectivity index (χ1v) is 34.1. The van der Waals surface area contributed by atoms with E-state index in [0.29, 0.717) is 6.42 Å². The Morgan fingerprint density at radius 3 is 1.12 bits per heavy atom. The van der Waals surface area contributed by atoms with Crippen molar-refractivity contribution in [1.82, 2.24) is 0 Å². The molecule has 33 atom stereocenters. The summed E-state index contributed by atoms with van der Waals surface area (Å²) in [5, 5.41) is 225. The van der Waals surface area contributed by atoms with Gasteiger partial charge in [-0.25, -0.2) is 4.57 Å². The molecule has 37 nitrogen and oxygen atoms in total. The molecule has 14 unspecified atom stereocenters. The van der Waals surface area contributed by atoms with Crippen molar-refractivity contribution in [3.8, 4) is 0 Å². The number of phosphoric ester groups is 1. The number of phosphoric acid groups is 1. The second kappa shape index (κ2) is 40.2. The van der Waals surface area contributed by atoms with E-state index in [2.05, 4.69) is 19.1 Å². The fourth-order valence-corrected chi connectivity index (χ4v) is 12.6. The topological polar surface area (TPSA) is 599 Å². The molecule has 0 aromatic carbocycles. The van der Waals surface area contributed by atoms with Crippen molar-refractivity contribution >= 4 is 13.8 Å². The summed E-state index contributed by atoms with van der Waals surface area (Å²) in [6, 6.07) is 0. The van der Waals surface area contributed by atoms with Gasteiger partial charge in [0.15, 0.2) is 31.5 Å². The lowest BCUT2D eigenvalue weighted by atomic mass is 9.84. The van der Waals surface area contributed by atoms with Crippen LogP contribution in [0.4, 0.5) is 0 Å². The molecule has 0 amide bonds. The number of aliphatic hydroxyl groups is 21. The summed E-state index contributed by atoms with van der Waals surface area (Å²) in [7, 11) is -5.73. The number of aliphatic hydroxyl groups excluding tert-OH is 21. The zero-order valence-corrected chi connectivity index (χ0v) is 54.0. The lowest BCUT2D eigenvalue weighted by molar-refractivity contribution is -0.365. The van der Waals surface area contributed by atoms with Crippen molar-refractivity contribution in [1.29, 1.82) is 0 Å². The van der Waals surface area contributed by atoms with Crippen LogP contribution in [-0.2, 0) is 70.5 Å². The van der Waals surface area contributed by atoms with Gasteiger partial charge >= 0.3 is 13.8 Å². The Morgan fingerprint density at radius 1 is 0.406 bits per heavy atom. The van der Waals surface area contributed by atoms with Crippen molar-refractivity contribution in [3.05, 3.63) is 12.2 Å². The Balaban J connectivity index is 1.06. The molecule has 562 valence electrons. The average molecular weight is 1420 g/mol. The molecule has 5 saturated heterocycles. The van der Waals surface area contributed by atoms with E-state index in [-0.39, 0.29) is 6.42 Å². The normalized spacial score (nSPS) is 42.7. The number of allylic oxidation sites excluding steroid dienone is 2. The fourth-order valence-electron chi connectivity index (χ4n) is 11.6. The average Bonchev–Trinajstić information content (AvgIpc) is 0.764. The highest BCUT2D eigenvalue weighted by Crippen LogP contribution is 2.49. The Hall–Kier alpha value is -1.92. The summed E-state index contributed by atoms with van der Waals surface area (Å²) in [4.78, 5) is 23.7. The number of unbranched alkanes of at least 4 members (excludes halogenated alkanes) is 12. The van der Waals surface area contributed by atoms with Crippen molar-refractivity contribution in [2.24, 2.45) is 0 Å². The summed E-state index contributed by atoms with van der Waals surface area (Å²) in [6.07, 6.45) is -47.0. The minimum Gasteiger partial charge on any atom is -0.463 e. The summed E-state index contributed by atoms with van der Waals surface area (Å²) in [5.41, 5.74) is 0. The number of hydrogen-bond acceptors (Lipinski definition) is 36. The van der Waals surface area contributed by atoms with Crippen LogP contribution in [0.5, 0.6) is 0 Å². The van der Waals surface area contributed by atoms with E-state index >= 15 is 0 Å². The number of carbonyl (C=O) groups excluding carboxylic acids is 1. The fraction of sp³-hybridized carbons (Fsp3) is 0.948. The monoisotopic (exact) mass is 1420 g/mol. The van der Waals surface area contributed by atoms with Crippen LogP contribution in [0.1, 0.15) is 103 Å². The van der Waals surface area contributed by atoms with Gasteiger partial charge in [-0.3, -0.25) is 13.8 Å². The summed E-state index contributed by atoms with van der Waals surface area (Å²) >= 11 is 0. The van der Waals surface area contributed by atoms with Crippen LogP contribution in [0.3, 0.4) is 0 Å². The van der Waals surface area contributed by atoms with Gasteiger partial charge in [0.25, 0.3) is 0 Å². The highest BCUT2D eigenvalue weighted by molar-refractivity contribution is 7.47. The Bertz CT molecular complexity index is 2290. The molecule has 5 aliphatic heterocycles. The van der Waals surface area contributed by atoms with Crippen LogP contribution in [0.25, 0.3) is 0 Å². The summed E-state index contributed by atoms with van der Waals surface area (Å²) in [6.45, 7) is -4.14. The SMILES string of the molecule is CCCCCCCCC/C=C\CCCCCCCC(=O)OC[C@@H](O)COP(=O)(O)O[C@@H]1C(O[C@@H]2OC(CO[C@@H]3OC(CO[C@@H]4OC(CO[C@@H]5OC(CO)[C@H](O)C(O)[C@@H]5O)[C@H](O)C(O)[C@@H]4O)[C@H](O)C(O)[C@@H]3O)[C@H](O)C(O)[C@@H]2O)C(O)[C@@H](O)C(O)[C@H]1O[C@H]1OC(CO)[C@@H](O)C(O)[C@H]1O.